The van der Waals surface area contributed by atoms with Crippen molar-refractivity contribution in [3.63, 3.8) is 0 Å². The van der Waals surface area contributed by atoms with Gasteiger partial charge < -0.3 is 14.0 Å². The van der Waals surface area contributed by atoms with Crippen molar-refractivity contribution in [2.45, 2.75) is 19.9 Å². The summed E-state index contributed by atoms with van der Waals surface area (Å²) in [6, 6.07) is 13.3. The topological polar surface area (TPSA) is 110 Å². The van der Waals surface area contributed by atoms with Gasteiger partial charge in [0, 0.05) is 5.56 Å². The number of aromatic nitrogens is 6. The van der Waals surface area contributed by atoms with Gasteiger partial charge in [-0.3, -0.25) is 9.36 Å². The standard InChI is InChI=1S/C24H22N6O4/c1-4-15-5-8-17(9-6-15)30-23-18(12-26-30)24(31)29(14-25-23)13-21-27-22(28-34-21)16-7-10-19(32-2)20(11-16)33-3/h5-12,14H,4,13H2,1-3H3. The molecule has 5 aromatic rings. The number of fused-ring (bicyclic) bond motifs is 1. The number of rotatable bonds is 7. The van der Waals surface area contributed by atoms with Crippen LogP contribution in [0.3, 0.4) is 0 Å². The second-order valence-corrected chi connectivity index (χ2v) is 7.57. The zero-order valence-electron chi connectivity index (χ0n) is 18.9. The van der Waals surface area contributed by atoms with E-state index in [9.17, 15) is 4.79 Å². The summed E-state index contributed by atoms with van der Waals surface area (Å²) in [5, 5.41) is 8.80. The van der Waals surface area contributed by atoms with E-state index in [0.717, 1.165) is 12.1 Å². The zero-order valence-corrected chi connectivity index (χ0v) is 18.9. The molecule has 3 heterocycles. The molecule has 172 valence electrons. The molecule has 0 bridgehead atoms. The fourth-order valence-corrected chi connectivity index (χ4v) is 3.68. The van der Waals surface area contributed by atoms with E-state index >= 15 is 0 Å². The van der Waals surface area contributed by atoms with Crippen LogP contribution < -0.4 is 15.0 Å². The Morgan fingerprint density at radius 1 is 1.03 bits per heavy atom. The largest absolute Gasteiger partial charge is 0.493 e. The summed E-state index contributed by atoms with van der Waals surface area (Å²) in [6.07, 6.45) is 3.94. The summed E-state index contributed by atoms with van der Waals surface area (Å²) in [7, 11) is 3.12. The molecule has 0 aliphatic rings. The summed E-state index contributed by atoms with van der Waals surface area (Å²) in [4.78, 5) is 21.9. The molecule has 5 rings (SSSR count). The van der Waals surface area contributed by atoms with E-state index in [1.807, 2.05) is 24.3 Å². The third-order valence-corrected chi connectivity index (χ3v) is 5.56. The smallest absolute Gasteiger partial charge is 0.264 e. The van der Waals surface area contributed by atoms with Gasteiger partial charge in [-0.25, -0.2) is 9.67 Å². The summed E-state index contributed by atoms with van der Waals surface area (Å²) in [5.41, 5.74) is 3.01. The summed E-state index contributed by atoms with van der Waals surface area (Å²) >= 11 is 0. The fraction of sp³-hybridized carbons (Fsp3) is 0.208. The van der Waals surface area contributed by atoms with Crippen LogP contribution in [0.4, 0.5) is 0 Å². The molecule has 0 atom stereocenters. The van der Waals surface area contributed by atoms with Crippen molar-refractivity contribution in [2.75, 3.05) is 14.2 Å². The van der Waals surface area contributed by atoms with E-state index in [4.69, 9.17) is 14.0 Å². The molecule has 10 nitrogen and oxygen atoms in total. The Kier molecular flexibility index (Phi) is 5.54. The molecule has 34 heavy (non-hydrogen) atoms. The van der Waals surface area contributed by atoms with Crippen molar-refractivity contribution in [3.05, 3.63) is 76.8 Å². The maximum atomic E-state index is 13.1. The Balaban J connectivity index is 1.42. The van der Waals surface area contributed by atoms with Crippen LogP contribution in [-0.4, -0.2) is 43.7 Å². The first-order valence-electron chi connectivity index (χ1n) is 10.7. The third kappa shape index (κ3) is 3.79. The SMILES string of the molecule is CCc1ccc(-n2ncc3c(=O)n(Cc4nc(-c5ccc(OC)c(OC)c5)no4)cnc32)cc1. The Morgan fingerprint density at radius 3 is 2.56 bits per heavy atom. The van der Waals surface area contributed by atoms with Gasteiger partial charge in [0.1, 0.15) is 18.3 Å². The zero-order chi connectivity index (χ0) is 23.7. The molecular formula is C24H22N6O4. The molecule has 0 aliphatic heterocycles. The van der Waals surface area contributed by atoms with Crippen molar-refractivity contribution in [3.8, 4) is 28.6 Å². The highest BCUT2D eigenvalue weighted by Crippen LogP contribution is 2.31. The average Bonchev–Trinajstić information content (AvgIpc) is 3.53. The number of nitrogens with zero attached hydrogens (tertiary/aromatic N) is 6. The molecule has 0 radical (unpaired) electrons. The van der Waals surface area contributed by atoms with Gasteiger partial charge in [0.25, 0.3) is 5.56 Å². The summed E-state index contributed by atoms with van der Waals surface area (Å²) in [5.74, 6) is 1.80. The van der Waals surface area contributed by atoms with E-state index in [1.54, 1.807) is 37.1 Å². The first-order valence-corrected chi connectivity index (χ1v) is 10.7. The van der Waals surface area contributed by atoms with Crippen molar-refractivity contribution >= 4 is 11.0 Å². The highest BCUT2D eigenvalue weighted by molar-refractivity contribution is 5.75. The first-order chi connectivity index (χ1) is 16.6. The quantitative estimate of drug-likeness (QED) is 0.366. The molecule has 0 saturated heterocycles. The van der Waals surface area contributed by atoms with E-state index in [-0.39, 0.29) is 18.0 Å². The minimum Gasteiger partial charge on any atom is -0.493 e. The van der Waals surface area contributed by atoms with E-state index < -0.39 is 0 Å². The Bertz CT molecular complexity index is 1520. The minimum atomic E-state index is -0.243. The van der Waals surface area contributed by atoms with Crippen LogP contribution in [0.2, 0.25) is 0 Å². The van der Waals surface area contributed by atoms with Crippen molar-refractivity contribution in [1.29, 1.82) is 0 Å². The lowest BCUT2D eigenvalue weighted by Gasteiger charge is -2.07. The summed E-state index contributed by atoms with van der Waals surface area (Å²) in [6.45, 7) is 2.18. The van der Waals surface area contributed by atoms with Gasteiger partial charge in [-0.05, 0) is 42.3 Å². The molecule has 0 aliphatic carbocycles. The Hall–Kier alpha value is -4.47. The molecular weight excluding hydrogens is 436 g/mol. The van der Waals surface area contributed by atoms with Gasteiger partial charge in [-0.2, -0.15) is 10.1 Å². The number of hydrogen-bond donors (Lipinski definition) is 0. The second kappa shape index (κ2) is 8.81. The maximum Gasteiger partial charge on any atom is 0.264 e. The number of hydrogen-bond acceptors (Lipinski definition) is 8. The molecule has 0 spiro atoms. The second-order valence-electron chi connectivity index (χ2n) is 7.57. The Morgan fingerprint density at radius 2 is 1.82 bits per heavy atom. The van der Waals surface area contributed by atoms with Crippen LogP contribution in [0, 0.1) is 0 Å². The minimum absolute atomic E-state index is 0.0818. The van der Waals surface area contributed by atoms with Crippen molar-refractivity contribution in [2.24, 2.45) is 0 Å². The lowest BCUT2D eigenvalue weighted by Crippen LogP contribution is -2.21. The molecule has 10 heteroatoms. The van der Waals surface area contributed by atoms with Gasteiger partial charge in [0.2, 0.25) is 11.7 Å². The van der Waals surface area contributed by atoms with Gasteiger partial charge in [-0.1, -0.05) is 24.2 Å². The number of aryl methyl sites for hydroxylation is 1. The molecule has 0 fully saturated rings. The molecule has 2 aromatic carbocycles. The molecule has 0 amide bonds. The lowest BCUT2D eigenvalue weighted by atomic mass is 10.1. The van der Waals surface area contributed by atoms with Crippen molar-refractivity contribution < 1.29 is 14.0 Å². The van der Waals surface area contributed by atoms with Gasteiger partial charge in [0.05, 0.1) is 26.1 Å². The maximum absolute atomic E-state index is 13.1. The van der Waals surface area contributed by atoms with Crippen LogP contribution >= 0.6 is 0 Å². The van der Waals surface area contributed by atoms with Gasteiger partial charge >= 0.3 is 0 Å². The number of methoxy groups -OCH3 is 2. The highest BCUT2D eigenvalue weighted by atomic mass is 16.5. The third-order valence-electron chi connectivity index (χ3n) is 5.56. The normalized spacial score (nSPS) is 11.1. The molecule has 3 aromatic heterocycles. The Labute approximate surface area is 194 Å². The molecule has 0 saturated carbocycles. The monoisotopic (exact) mass is 458 g/mol. The first kappa shape index (κ1) is 21.4. The van der Waals surface area contributed by atoms with E-state index in [0.29, 0.717) is 33.9 Å². The number of benzene rings is 2. The van der Waals surface area contributed by atoms with Gasteiger partial charge in [0.15, 0.2) is 17.1 Å². The molecule has 0 N–H and O–H groups in total. The lowest BCUT2D eigenvalue weighted by molar-refractivity contribution is 0.355. The van der Waals surface area contributed by atoms with Crippen LogP contribution in [0.1, 0.15) is 18.4 Å². The van der Waals surface area contributed by atoms with Crippen molar-refractivity contribution in [1.82, 2.24) is 29.5 Å². The molecule has 0 unspecified atom stereocenters. The van der Waals surface area contributed by atoms with Crippen LogP contribution in [0.15, 0.2) is 64.3 Å². The predicted molar refractivity (Wildman–Crippen MR) is 124 cm³/mol. The van der Waals surface area contributed by atoms with E-state index in [2.05, 4.69) is 27.1 Å². The predicted octanol–water partition coefficient (Wildman–Crippen LogP) is 3.26. The van der Waals surface area contributed by atoms with Crippen LogP contribution in [0.25, 0.3) is 28.1 Å². The summed E-state index contributed by atoms with van der Waals surface area (Å²) < 4.78 is 19.0. The fourth-order valence-electron chi connectivity index (χ4n) is 3.68. The highest BCUT2D eigenvalue weighted by Gasteiger charge is 2.15. The van der Waals surface area contributed by atoms with Crippen LogP contribution in [0.5, 0.6) is 11.5 Å². The number of ether oxygens (including phenoxy) is 2. The van der Waals surface area contributed by atoms with Crippen LogP contribution in [-0.2, 0) is 13.0 Å². The average molecular weight is 458 g/mol. The van der Waals surface area contributed by atoms with Gasteiger partial charge in [-0.15, -0.1) is 0 Å². The van der Waals surface area contributed by atoms with E-state index in [1.165, 1.54) is 22.7 Å².